The summed E-state index contributed by atoms with van der Waals surface area (Å²) in [7, 11) is 0. The van der Waals surface area contributed by atoms with Gasteiger partial charge in [0.25, 0.3) is 0 Å². The van der Waals surface area contributed by atoms with Crippen molar-refractivity contribution in [1.29, 1.82) is 0 Å². The summed E-state index contributed by atoms with van der Waals surface area (Å²) in [4.78, 5) is 20.8. The topological polar surface area (TPSA) is 102 Å². The van der Waals surface area contributed by atoms with Crippen LogP contribution in [0.3, 0.4) is 0 Å². The van der Waals surface area contributed by atoms with Gasteiger partial charge in [0, 0.05) is 31.7 Å². The minimum absolute atomic E-state index is 0.288. The molecule has 0 unspecified atom stereocenters. The Morgan fingerprint density at radius 3 is 2.68 bits per heavy atom. The maximum absolute atomic E-state index is 6.06. The zero-order chi connectivity index (χ0) is 22.0. The Labute approximate surface area is 181 Å². The molecule has 0 atom stereocenters. The van der Waals surface area contributed by atoms with E-state index in [2.05, 4.69) is 31.3 Å². The fourth-order valence-corrected chi connectivity index (χ4v) is 3.85. The summed E-state index contributed by atoms with van der Waals surface area (Å²) in [5.41, 5.74) is 10.9. The van der Waals surface area contributed by atoms with E-state index in [-0.39, 0.29) is 5.88 Å². The second-order valence-electron chi connectivity index (χ2n) is 7.39. The molecule has 31 heavy (non-hydrogen) atoms. The maximum atomic E-state index is 6.06. The van der Waals surface area contributed by atoms with Gasteiger partial charge in [0.15, 0.2) is 0 Å². The van der Waals surface area contributed by atoms with E-state index >= 15 is 0 Å². The Bertz CT molecular complexity index is 1210. The number of ether oxygens (including phenoxy) is 1. The highest BCUT2D eigenvalue weighted by Crippen LogP contribution is 2.38. The number of nitrogens with two attached hydrogens (primary N) is 1. The van der Waals surface area contributed by atoms with Crippen molar-refractivity contribution in [2.24, 2.45) is 0 Å². The van der Waals surface area contributed by atoms with Gasteiger partial charge in [0.1, 0.15) is 35.1 Å². The molecule has 1 fully saturated rings. The minimum Gasteiger partial charge on any atom is -0.387 e. The second-order valence-corrected chi connectivity index (χ2v) is 7.39. The highest BCUT2D eigenvalue weighted by atomic mass is 16.5. The summed E-state index contributed by atoms with van der Waals surface area (Å²) >= 11 is 0. The van der Waals surface area contributed by atoms with Crippen molar-refractivity contribution in [1.82, 2.24) is 25.3 Å². The van der Waals surface area contributed by atoms with E-state index in [4.69, 9.17) is 21.9 Å². The summed E-state index contributed by atoms with van der Waals surface area (Å²) in [6.45, 7) is 9.32. The van der Waals surface area contributed by atoms with Gasteiger partial charge in [-0.2, -0.15) is 0 Å². The lowest BCUT2D eigenvalue weighted by molar-refractivity contribution is 0.505. The Morgan fingerprint density at radius 2 is 1.97 bits per heavy atom. The highest BCUT2D eigenvalue weighted by Gasteiger charge is 2.24. The van der Waals surface area contributed by atoms with Crippen LogP contribution in [-0.4, -0.2) is 46.1 Å². The summed E-state index contributed by atoms with van der Waals surface area (Å²) < 4.78 is 5.56. The standard InChI is InChI=1S/C23H25N7O/c1-5-7-16-20-18(22(27-13-26-20)30-10-8-25-9-11-30)23(31-6-2)29-21(16)19-15(4)14(3)12-17(24)28-19/h2,5,7,12-13,25H,8-11H2,1,3-4H3,(H2,24,28)/b7-5+. The van der Waals surface area contributed by atoms with Gasteiger partial charge in [-0.05, 0) is 38.0 Å². The van der Waals surface area contributed by atoms with Crippen molar-refractivity contribution in [2.45, 2.75) is 20.8 Å². The Balaban J connectivity index is 2.08. The van der Waals surface area contributed by atoms with Gasteiger partial charge in [-0.1, -0.05) is 18.6 Å². The second kappa shape index (κ2) is 8.58. The summed E-state index contributed by atoms with van der Waals surface area (Å²) in [5.74, 6) is 1.47. The van der Waals surface area contributed by atoms with Crippen molar-refractivity contribution in [3.63, 3.8) is 0 Å². The number of allylic oxidation sites excluding steroid dienone is 1. The van der Waals surface area contributed by atoms with Crippen LogP contribution >= 0.6 is 0 Å². The normalized spacial score (nSPS) is 14.2. The number of aromatic nitrogens is 4. The van der Waals surface area contributed by atoms with E-state index in [1.54, 1.807) is 6.33 Å². The van der Waals surface area contributed by atoms with Crippen LogP contribution in [0, 0.1) is 26.4 Å². The molecule has 0 aromatic carbocycles. The van der Waals surface area contributed by atoms with Gasteiger partial charge in [-0.3, -0.25) is 0 Å². The Kier molecular flexibility index (Phi) is 5.69. The number of anilines is 2. The van der Waals surface area contributed by atoms with Gasteiger partial charge >= 0.3 is 0 Å². The molecule has 0 amide bonds. The zero-order valence-electron chi connectivity index (χ0n) is 17.9. The van der Waals surface area contributed by atoms with E-state index in [1.165, 1.54) is 0 Å². The fourth-order valence-electron chi connectivity index (χ4n) is 3.85. The van der Waals surface area contributed by atoms with E-state index in [0.29, 0.717) is 28.1 Å². The number of terminal acetylenes is 1. The van der Waals surface area contributed by atoms with Crippen molar-refractivity contribution >= 4 is 28.6 Å². The summed E-state index contributed by atoms with van der Waals surface area (Å²) in [6, 6.07) is 1.85. The number of hydrogen-bond acceptors (Lipinski definition) is 8. The van der Waals surface area contributed by atoms with Gasteiger partial charge in [-0.25, -0.2) is 19.9 Å². The van der Waals surface area contributed by atoms with Crippen molar-refractivity contribution in [3.8, 4) is 29.8 Å². The first kappa shape index (κ1) is 20.6. The van der Waals surface area contributed by atoms with Gasteiger partial charge in [0.05, 0.1) is 11.2 Å². The average Bonchev–Trinajstić information content (AvgIpc) is 2.78. The average molecular weight is 416 g/mol. The first-order valence-corrected chi connectivity index (χ1v) is 10.2. The van der Waals surface area contributed by atoms with Crippen molar-refractivity contribution < 1.29 is 4.74 Å². The third-order valence-electron chi connectivity index (χ3n) is 5.45. The first-order valence-electron chi connectivity index (χ1n) is 10.2. The molecule has 3 N–H and O–H groups in total. The molecule has 0 aliphatic carbocycles. The molecule has 158 valence electrons. The number of hydrogen-bond donors (Lipinski definition) is 2. The molecule has 8 nitrogen and oxygen atoms in total. The van der Waals surface area contributed by atoms with Crippen LogP contribution < -0.4 is 20.7 Å². The van der Waals surface area contributed by atoms with Gasteiger partial charge in [-0.15, -0.1) is 0 Å². The van der Waals surface area contributed by atoms with E-state index in [1.807, 2.05) is 39.0 Å². The predicted octanol–water partition coefficient (Wildman–Crippen LogP) is 2.70. The zero-order valence-corrected chi connectivity index (χ0v) is 17.9. The lowest BCUT2D eigenvalue weighted by atomic mass is 10.0. The van der Waals surface area contributed by atoms with Crippen LogP contribution in [0.4, 0.5) is 11.6 Å². The number of nitrogen functional groups attached to an aromatic ring is 1. The molecular weight excluding hydrogens is 390 g/mol. The summed E-state index contributed by atoms with van der Waals surface area (Å²) in [6.07, 6.45) is 13.3. The molecule has 8 heteroatoms. The Morgan fingerprint density at radius 1 is 1.19 bits per heavy atom. The third-order valence-corrected chi connectivity index (χ3v) is 5.45. The molecule has 0 bridgehead atoms. The third kappa shape index (κ3) is 3.76. The predicted molar refractivity (Wildman–Crippen MR) is 124 cm³/mol. The van der Waals surface area contributed by atoms with Crippen molar-refractivity contribution in [2.75, 3.05) is 36.8 Å². The molecule has 4 heterocycles. The van der Waals surface area contributed by atoms with Crippen LogP contribution in [0.5, 0.6) is 5.88 Å². The number of fused-ring (bicyclic) bond motifs is 1. The molecule has 0 radical (unpaired) electrons. The molecule has 4 rings (SSSR count). The minimum atomic E-state index is 0.288. The highest BCUT2D eigenvalue weighted by molar-refractivity contribution is 6.01. The van der Waals surface area contributed by atoms with Crippen LogP contribution in [0.25, 0.3) is 28.4 Å². The van der Waals surface area contributed by atoms with Gasteiger partial charge in [0.2, 0.25) is 5.88 Å². The summed E-state index contributed by atoms with van der Waals surface area (Å²) in [5, 5.41) is 4.05. The molecule has 1 aliphatic heterocycles. The number of rotatable bonds is 4. The fraction of sp³-hybridized carbons (Fsp3) is 0.304. The van der Waals surface area contributed by atoms with E-state index in [9.17, 15) is 0 Å². The molecule has 1 saturated heterocycles. The van der Waals surface area contributed by atoms with Crippen LogP contribution in [0.15, 0.2) is 18.5 Å². The van der Waals surface area contributed by atoms with Gasteiger partial charge < -0.3 is 20.7 Å². The smallest absolute Gasteiger partial charge is 0.244 e. The van der Waals surface area contributed by atoms with E-state index in [0.717, 1.165) is 48.7 Å². The molecular formula is C23H25N7O. The maximum Gasteiger partial charge on any atom is 0.244 e. The van der Waals surface area contributed by atoms with E-state index < -0.39 is 0 Å². The molecule has 0 saturated carbocycles. The first-order chi connectivity index (χ1) is 15.0. The number of nitrogens with one attached hydrogen (secondary N) is 1. The lowest BCUT2D eigenvalue weighted by Gasteiger charge is -2.29. The van der Waals surface area contributed by atoms with Crippen LogP contribution in [0.2, 0.25) is 0 Å². The number of piperazine rings is 1. The number of nitrogens with zero attached hydrogens (tertiary/aromatic N) is 5. The molecule has 1 aliphatic rings. The molecule has 3 aromatic heterocycles. The molecule has 3 aromatic rings. The molecule has 0 spiro atoms. The SMILES string of the molecule is C#COc1nc(-c2nc(N)cc(C)c2C)c(/C=C/C)c2ncnc(N3CCNCC3)c12. The van der Waals surface area contributed by atoms with Crippen molar-refractivity contribution in [3.05, 3.63) is 35.2 Å². The van der Waals surface area contributed by atoms with Crippen LogP contribution in [-0.2, 0) is 0 Å². The Hall–Kier alpha value is -3.70. The number of pyridine rings is 2. The largest absolute Gasteiger partial charge is 0.387 e. The lowest BCUT2D eigenvalue weighted by Crippen LogP contribution is -2.44. The monoisotopic (exact) mass is 415 g/mol. The quantitative estimate of drug-likeness (QED) is 0.627. The van der Waals surface area contributed by atoms with Crippen LogP contribution in [0.1, 0.15) is 23.6 Å². The number of aryl methyl sites for hydroxylation is 1.